The third kappa shape index (κ3) is 2.53. The highest BCUT2D eigenvalue weighted by atomic mass is 79.9. The first-order valence-corrected chi connectivity index (χ1v) is 5.40. The van der Waals surface area contributed by atoms with Gasteiger partial charge in [0.2, 0.25) is 0 Å². The number of nitrogens with zero attached hydrogens (tertiary/aromatic N) is 3. The summed E-state index contributed by atoms with van der Waals surface area (Å²) in [6, 6.07) is 4.84. The van der Waals surface area contributed by atoms with Crippen molar-refractivity contribution in [3.05, 3.63) is 28.6 Å². The molecule has 0 spiro atoms. The molecule has 0 saturated heterocycles. The second-order valence-corrected chi connectivity index (χ2v) is 3.48. The van der Waals surface area contributed by atoms with Crippen LogP contribution in [0.2, 0.25) is 0 Å². The molecule has 0 aliphatic heterocycles. The third-order valence-electron chi connectivity index (χ3n) is 1.93. The monoisotopic (exact) mass is 285 g/mol. The Labute approximate surface area is 99.5 Å². The molecule has 0 unspecified atom stereocenters. The van der Waals surface area contributed by atoms with Gasteiger partial charge in [-0.15, -0.1) is 0 Å². The first-order chi connectivity index (χ1) is 7.63. The van der Waals surface area contributed by atoms with Gasteiger partial charge in [-0.2, -0.15) is 10.5 Å². The molecule has 0 aliphatic rings. The highest BCUT2D eigenvalue weighted by molar-refractivity contribution is 9.08. The van der Waals surface area contributed by atoms with Gasteiger partial charge in [0.25, 0.3) is 6.43 Å². The van der Waals surface area contributed by atoms with Crippen molar-refractivity contribution >= 4 is 15.9 Å². The molecule has 0 aromatic carbocycles. The molecule has 0 bridgehead atoms. The van der Waals surface area contributed by atoms with Crippen molar-refractivity contribution in [1.82, 2.24) is 4.98 Å². The quantitative estimate of drug-likeness (QED) is 0.803. The van der Waals surface area contributed by atoms with E-state index in [1.165, 1.54) is 6.07 Å². The van der Waals surface area contributed by atoms with Crippen molar-refractivity contribution in [1.29, 1.82) is 10.5 Å². The molecular formula is C10H6BrF2N3. The fourth-order valence-electron chi connectivity index (χ4n) is 1.30. The predicted octanol–water partition coefficient (Wildman–Crippen LogP) is 2.85. The Hall–Kier alpha value is -1.53. The van der Waals surface area contributed by atoms with Crippen LogP contribution in [0.3, 0.4) is 0 Å². The topological polar surface area (TPSA) is 60.5 Å². The number of rotatable bonds is 3. The van der Waals surface area contributed by atoms with E-state index < -0.39 is 12.0 Å². The normalized spacial score (nSPS) is 9.88. The van der Waals surface area contributed by atoms with Crippen LogP contribution in [-0.2, 0) is 11.8 Å². The van der Waals surface area contributed by atoms with Gasteiger partial charge in [0, 0.05) is 5.33 Å². The molecule has 3 nitrogen and oxygen atoms in total. The molecule has 0 saturated carbocycles. The molecule has 0 amide bonds. The predicted molar refractivity (Wildman–Crippen MR) is 55.9 cm³/mol. The largest absolute Gasteiger partial charge is 0.266 e. The highest BCUT2D eigenvalue weighted by Gasteiger charge is 2.20. The Balaban J connectivity index is 3.43. The number of hydrogen-bond acceptors (Lipinski definition) is 3. The summed E-state index contributed by atoms with van der Waals surface area (Å²) in [4.78, 5) is 3.78. The smallest absolute Gasteiger partial charge is 0.241 e. The van der Waals surface area contributed by atoms with Crippen molar-refractivity contribution in [2.75, 3.05) is 0 Å². The fraction of sp³-hybridized carbons (Fsp3) is 0.300. The van der Waals surface area contributed by atoms with E-state index in [1.807, 2.05) is 0 Å². The Kier molecular flexibility index (Phi) is 4.33. The zero-order chi connectivity index (χ0) is 12.1. The number of alkyl halides is 3. The lowest BCUT2D eigenvalue weighted by atomic mass is 10.0. The summed E-state index contributed by atoms with van der Waals surface area (Å²) in [5.41, 5.74) is -0.115. The van der Waals surface area contributed by atoms with E-state index in [0.29, 0.717) is 11.0 Å². The van der Waals surface area contributed by atoms with E-state index in [9.17, 15) is 8.78 Å². The number of nitriles is 2. The van der Waals surface area contributed by atoms with Crippen LogP contribution in [0.4, 0.5) is 8.78 Å². The molecule has 6 heteroatoms. The molecule has 0 fully saturated rings. The zero-order valence-corrected chi connectivity index (χ0v) is 9.63. The van der Waals surface area contributed by atoms with E-state index in [0.717, 1.165) is 0 Å². The summed E-state index contributed by atoms with van der Waals surface area (Å²) in [5.74, 6) is 0. The van der Waals surface area contributed by atoms with Gasteiger partial charge in [-0.25, -0.2) is 13.8 Å². The number of aromatic nitrogens is 1. The summed E-state index contributed by atoms with van der Waals surface area (Å²) in [6.45, 7) is 0. The lowest BCUT2D eigenvalue weighted by Gasteiger charge is -2.09. The molecular weight excluding hydrogens is 280 g/mol. The van der Waals surface area contributed by atoms with Crippen LogP contribution < -0.4 is 0 Å². The molecule has 1 aromatic rings. The average molecular weight is 286 g/mol. The first-order valence-electron chi connectivity index (χ1n) is 4.27. The molecule has 1 heterocycles. The molecule has 0 radical (unpaired) electrons. The fourth-order valence-corrected chi connectivity index (χ4v) is 1.58. The lowest BCUT2D eigenvalue weighted by molar-refractivity contribution is 0.149. The van der Waals surface area contributed by atoms with Crippen LogP contribution in [0, 0.1) is 22.7 Å². The van der Waals surface area contributed by atoms with E-state index in [2.05, 4.69) is 20.9 Å². The van der Waals surface area contributed by atoms with Gasteiger partial charge in [-0.1, -0.05) is 15.9 Å². The SMILES string of the molecule is N#CCc1cc(CBr)nc(C#N)c1C(F)F. The number of halogens is 3. The summed E-state index contributed by atoms with van der Waals surface area (Å²) >= 11 is 3.13. The van der Waals surface area contributed by atoms with Crippen molar-refractivity contribution in [2.45, 2.75) is 18.2 Å². The standard InChI is InChI=1S/C10H6BrF2N3/c11-4-7-3-6(1-2-14)9(10(12)13)8(5-15)16-7/h3,10H,1,4H2. The molecule has 82 valence electrons. The summed E-state index contributed by atoms with van der Waals surface area (Å²) in [6.07, 6.45) is -2.95. The van der Waals surface area contributed by atoms with Gasteiger partial charge in [0.15, 0.2) is 0 Å². The third-order valence-corrected chi connectivity index (χ3v) is 2.50. The zero-order valence-electron chi connectivity index (χ0n) is 8.04. The second kappa shape index (κ2) is 5.53. The minimum atomic E-state index is -2.80. The maximum atomic E-state index is 12.7. The molecule has 0 N–H and O–H groups in total. The molecule has 1 aromatic heterocycles. The summed E-state index contributed by atoms with van der Waals surface area (Å²) in [7, 11) is 0. The van der Waals surface area contributed by atoms with Gasteiger partial charge >= 0.3 is 0 Å². The van der Waals surface area contributed by atoms with Crippen LogP contribution in [-0.4, -0.2) is 4.98 Å². The molecule has 16 heavy (non-hydrogen) atoms. The Morgan fingerprint density at radius 1 is 1.44 bits per heavy atom. The lowest BCUT2D eigenvalue weighted by Crippen LogP contribution is -2.03. The molecule has 1 rings (SSSR count). The highest BCUT2D eigenvalue weighted by Crippen LogP contribution is 2.27. The van der Waals surface area contributed by atoms with Crippen LogP contribution in [0.5, 0.6) is 0 Å². The summed E-state index contributed by atoms with van der Waals surface area (Å²) in [5, 5.41) is 17.6. The Bertz CT molecular complexity index is 474. The van der Waals surface area contributed by atoms with Crippen LogP contribution in [0.25, 0.3) is 0 Å². The van der Waals surface area contributed by atoms with E-state index >= 15 is 0 Å². The molecule has 0 atom stereocenters. The van der Waals surface area contributed by atoms with Crippen molar-refractivity contribution in [2.24, 2.45) is 0 Å². The number of hydrogen-bond donors (Lipinski definition) is 0. The van der Waals surface area contributed by atoms with Crippen molar-refractivity contribution < 1.29 is 8.78 Å². The molecule has 0 aliphatic carbocycles. The van der Waals surface area contributed by atoms with Crippen molar-refractivity contribution in [3.63, 3.8) is 0 Å². The average Bonchev–Trinajstić information content (AvgIpc) is 2.27. The van der Waals surface area contributed by atoms with Crippen LogP contribution in [0.1, 0.15) is 28.9 Å². The Morgan fingerprint density at radius 3 is 2.56 bits per heavy atom. The number of pyridine rings is 1. The van der Waals surface area contributed by atoms with Gasteiger partial charge in [-0.05, 0) is 11.6 Å². The summed E-state index contributed by atoms with van der Waals surface area (Å²) < 4.78 is 25.4. The van der Waals surface area contributed by atoms with E-state index in [-0.39, 0.29) is 17.7 Å². The first kappa shape index (κ1) is 12.5. The van der Waals surface area contributed by atoms with Gasteiger partial charge in [-0.3, -0.25) is 0 Å². The van der Waals surface area contributed by atoms with Crippen LogP contribution >= 0.6 is 15.9 Å². The maximum absolute atomic E-state index is 12.7. The van der Waals surface area contributed by atoms with E-state index in [4.69, 9.17) is 10.5 Å². The maximum Gasteiger partial charge on any atom is 0.266 e. The van der Waals surface area contributed by atoms with Gasteiger partial charge in [0.05, 0.1) is 23.7 Å². The minimum Gasteiger partial charge on any atom is -0.241 e. The van der Waals surface area contributed by atoms with E-state index in [1.54, 1.807) is 12.1 Å². The van der Waals surface area contributed by atoms with Crippen molar-refractivity contribution in [3.8, 4) is 12.1 Å². The van der Waals surface area contributed by atoms with Crippen LogP contribution in [0.15, 0.2) is 6.07 Å². The second-order valence-electron chi connectivity index (χ2n) is 2.92. The minimum absolute atomic E-state index is 0.156. The van der Waals surface area contributed by atoms with Gasteiger partial charge < -0.3 is 0 Å². The van der Waals surface area contributed by atoms with Gasteiger partial charge in [0.1, 0.15) is 11.8 Å². The Morgan fingerprint density at radius 2 is 2.12 bits per heavy atom.